The second-order valence-corrected chi connectivity index (χ2v) is 4.41. The molecular weight excluding hydrogens is 282 g/mol. The number of aromatic nitrogens is 4. The van der Waals surface area contributed by atoms with E-state index in [2.05, 4.69) is 31.2 Å². The summed E-state index contributed by atoms with van der Waals surface area (Å²) in [4.78, 5) is 0. The zero-order chi connectivity index (χ0) is 11.8. The van der Waals surface area contributed by atoms with Crippen molar-refractivity contribution in [2.75, 3.05) is 5.73 Å². The van der Waals surface area contributed by atoms with E-state index in [1.807, 2.05) is 30.3 Å². The predicted molar refractivity (Wildman–Crippen MR) is 68.3 cm³/mol. The van der Waals surface area contributed by atoms with Gasteiger partial charge in [0.1, 0.15) is 0 Å². The van der Waals surface area contributed by atoms with Crippen LogP contribution >= 0.6 is 15.9 Å². The monoisotopic (exact) mass is 289 g/mol. The summed E-state index contributed by atoms with van der Waals surface area (Å²) in [7, 11) is 0. The summed E-state index contributed by atoms with van der Waals surface area (Å²) in [6.45, 7) is 0. The van der Waals surface area contributed by atoms with Crippen LogP contribution in [-0.2, 0) is 0 Å². The molecule has 0 aliphatic heterocycles. The number of hydrogen-bond acceptors (Lipinski definition) is 4. The third kappa shape index (κ3) is 1.66. The van der Waals surface area contributed by atoms with E-state index in [4.69, 9.17) is 5.73 Å². The fraction of sp³-hybridized carbons (Fsp3) is 0. The van der Waals surface area contributed by atoms with Crippen molar-refractivity contribution >= 4 is 27.3 Å². The van der Waals surface area contributed by atoms with Crippen LogP contribution in [0.3, 0.4) is 0 Å². The molecule has 0 fully saturated rings. The van der Waals surface area contributed by atoms with E-state index in [-0.39, 0.29) is 0 Å². The fourth-order valence-corrected chi connectivity index (χ4v) is 2.05. The molecule has 2 N–H and O–H groups in total. The van der Waals surface area contributed by atoms with Gasteiger partial charge >= 0.3 is 0 Å². The van der Waals surface area contributed by atoms with Crippen LogP contribution in [0.15, 0.2) is 41.0 Å². The van der Waals surface area contributed by atoms with Gasteiger partial charge in [-0.25, -0.2) is 0 Å². The Morgan fingerprint density at radius 3 is 2.94 bits per heavy atom. The smallest absolute Gasteiger partial charge is 0.186 e. The lowest BCUT2D eigenvalue weighted by molar-refractivity contribution is 0.935. The molecule has 5 nitrogen and oxygen atoms in total. The van der Waals surface area contributed by atoms with E-state index in [9.17, 15) is 0 Å². The largest absolute Gasteiger partial charge is 0.399 e. The third-order valence-corrected chi connectivity index (χ3v) is 3.10. The highest BCUT2D eigenvalue weighted by atomic mass is 79.9. The minimum absolute atomic E-state index is 0.666. The Bertz CT molecular complexity index is 691. The van der Waals surface area contributed by atoms with Crippen LogP contribution in [0.1, 0.15) is 0 Å². The van der Waals surface area contributed by atoms with Gasteiger partial charge in [0.25, 0.3) is 0 Å². The molecule has 0 saturated heterocycles. The van der Waals surface area contributed by atoms with Crippen molar-refractivity contribution in [3.8, 4) is 11.4 Å². The number of fused-ring (bicyclic) bond motifs is 1. The van der Waals surface area contributed by atoms with Crippen LogP contribution in [0.25, 0.3) is 17.0 Å². The van der Waals surface area contributed by atoms with Gasteiger partial charge in [0.15, 0.2) is 11.5 Å². The summed E-state index contributed by atoms with van der Waals surface area (Å²) in [5.74, 6) is 0.666. The van der Waals surface area contributed by atoms with Gasteiger partial charge in [-0.05, 0) is 30.3 Å². The Morgan fingerprint density at radius 2 is 2.06 bits per heavy atom. The molecule has 3 rings (SSSR count). The van der Waals surface area contributed by atoms with Gasteiger partial charge in [-0.3, -0.25) is 0 Å². The molecule has 17 heavy (non-hydrogen) atoms. The summed E-state index contributed by atoms with van der Waals surface area (Å²) in [5.41, 5.74) is 8.03. The molecule has 0 amide bonds. The molecule has 6 heteroatoms. The molecule has 1 aromatic carbocycles. The topological polar surface area (TPSA) is 69.1 Å². The number of anilines is 1. The number of nitrogen functional groups attached to an aromatic ring is 1. The molecule has 2 aromatic heterocycles. The lowest BCUT2D eigenvalue weighted by atomic mass is 10.2. The highest BCUT2D eigenvalue weighted by molar-refractivity contribution is 9.10. The number of halogens is 1. The van der Waals surface area contributed by atoms with Crippen molar-refractivity contribution in [3.63, 3.8) is 0 Å². The maximum atomic E-state index is 5.78. The highest BCUT2D eigenvalue weighted by Crippen LogP contribution is 2.28. The lowest BCUT2D eigenvalue weighted by Gasteiger charge is -2.03. The summed E-state index contributed by atoms with van der Waals surface area (Å²) >= 11 is 3.47. The fourth-order valence-electron chi connectivity index (χ4n) is 1.63. The molecule has 2 heterocycles. The normalized spacial score (nSPS) is 10.9. The minimum Gasteiger partial charge on any atom is -0.399 e. The predicted octanol–water partition coefficient (Wildman–Crippen LogP) is 2.14. The Morgan fingerprint density at radius 1 is 1.18 bits per heavy atom. The number of hydrogen-bond donors (Lipinski definition) is 1. The van der Waals surface area contributed by atoms with Gasteiger partial charge in [0.2, 0.25) is 0 Å². The molecular formula is C11H8BrN5. The van der Waals surface area contributed by atoms with Crippen molar-refractivity contribution < 1.29 is 0 Å². The molecule has 0 unspecified atom stereocenters. The first-order valence-electron chi connectivity index (χ1n) is 4.97. The Balaban J connectivity index is 2.31. The van der Waals surface area contributed by atoms with Gasteiger partial charge in [-0.2, -0.15) is 9.61 Å². The molecule has 0 aliphatic rings. The molecule has 0 atom stereocenters. The summed E-state index contributed by atoms with van der Waals surface area (Å²) in [6.07, 6.45) is 1.69. The molecule has 0 bridgehead atoms. The average Bonchev–Trinajstić information content (AvgIpc) is 2.76. The molecule has 0 aliphatic carbocycles. The molecule has 0 spiro atoms. The van der Waals surface area contributed by atoms with Crippen LogP contribution in [0.5, 0.6) is 0 Å². The van der Waals surface area contributed by atoms with Crippen molar-refractivity contribution in [1.29, 1.82) is 0 Å². The van der Waals surface area contributed by atoms with Crippen LogP contribution in [-0.4, -0.2) is 19.8 Å². The third-order valence-electron chi connectivity index (χ3n) is 2.41. The highest BCUT2D eigenvalue weighted by Gasteiger charge is 2.11. The maximum Gasteiger partial charge on any atom is 0.186 e. The van der Waals surface area contributed by atoms with Crippen LogP contribution in [0.2, 0.25) is 0 Å². The molecule has 0 saturated carbocycles. The second-order valence-electron chi connectivity index (χ2n) is 3.56. The SMILES string of the molecule is Nc1ccc(Br)c(-c2nnc3cccnn23)c1. The first-order chi connectivity index (χ1) is 8.25. The van der Waals surface area contributed by atoms with Gasteiger partial charge in [-0.1, -0.05) is 15.9 Å². The van der Waals surface area contributed by atoms with Crippen LogP contribution in [0.4, 0.5) is 5.69 Å². The molecule has 0 radical (unpaired) electrons. The van der Waals surface area contributed by atoms with E-state index in [1.54, 1.807) is 10.7 Å². The van der Waals surface area contributed by atoms with Crippen molar-refractivity contribution in [2.24, 2.45) is 0 Å². The van der Waals surface area contributed by atoms with Crippen molar-refractivity contribution in [2.45, 2.75) is 0 Å². The average molecular weight is 290 g/mol. The Kier molecular flexibility index (Phi) is 2.29. The van der Waals surface area contributed by atoms with E-state index < -0.39 is 0 Å². The number of rotatable bonds is 1. The second kappa shape index (κ2) is 3.81. The summed E-state index contributed by atoms with van der Waals surface area (Å²) < 4.78 is 2.59. The van der Waals surface area contributed by atoms with Gasteiger partial charge in [0, 0.05) is 21.9 Å². The molecule has 3 aromatic rings. The zero-order valence-corrected chi connectivity index (χ0v) is 10.3. The summed E-state index contributed by atoms with van der Waals surface area (Å²) in [5, 5.41) is 12.4. The van der Waals surface area contributed by atoms with Crippen molar-refractivity contribution in [1.82, 2.24) is 19.8 Å². The van der Waals surface area contributed by atoms with Crippen LogP contribution in [0, 0.1) is 0 Å². The van der Waals surface area contributed by atoms with Crippen molar-refractivity contribution in [3.05, 3.63) is 41.0 Å². The number of nitrogens with two attached hydrogens (primary N) is 1. The number of benzene rings is 1. The van der Waals surface area contributed by atoms with Gasteiger partial charge < -0.3 is 5.73 Å². The van der Waals surface area contributed by atoms with E-state index >= 15 is 0 Å². The van der Waals surface area contributed by atoms with Crippen LogP contribution < -0.4 is 5.73 Å². The summed E-state index contributed by atoms with van der Waals surface area (Å²) in [6, 6.07) is 9.22. The Labute approximate surface area is 105 Å². The van der Waals surface area contributed by atoms with Gasteiger partial charge in [0.05, 0.1) is 0 Å². The minimum atomic E-state index is 0.666. The molecule has 84 valence electrons. The van der Waals surface area contributed by atoms with Gasteiger partial charge in [-0.15, -0.1) is 10.2 Å². The maximum absolute atomic E-state index is 5.78. The Hall–Kier alpha value is -1.95. The first kappa shape index (κ1) is 10.2. The number of nitrogens with zero attached hydrogens (tertiary/aromatic N) is 4. The van der Waals surface area contributed by atoms with E-state index in [1.165, 1.54) is 0 Å². The zero-order valence-electron chi connectivity index (χ0n) is 8.71. The lowest BCUT2D eigenvalue weighted by Crippen LogP contribution is -1.95. The van der Waals surface area contributed by atoms with E-state index in [0.29, 0.717) is 17.2 Å². The van der Waals surface area contributed by atoms with E-state index in [0.717, 1.165) is 10.0 Å². The first-order valence-corrected chi connectivity index (χ1v) is 5.77. The quantitative estimate of drug-likeness (QED) is 0.697. The standard InChI is InChI=1S/C11H8BrN5/c12-9-4-3-7(13)6-8(9)11-16-15-10-2-1-5-14-17(10)11/h1-6H,13H2.